The van der Waals surface area contributed by atoms with Crippen LogP contribution in [0.1, 0.15) is 39.0 Å². The zero-order valence-electron chi connectivity index (χ0n) is 13.3. The molecular weight excluding hydrogens is 356 g/mol. The summed E-state index contributed by atoms with van der Waals surface area (Å²) in [4.78, 5) is 0. The zero-order chi connectivity index (χ0) is 12.7. The standard InChI is InChI=1S/C14H34N2.2BrH/c1-7-8-9-10-13-16(5,6)14-11-12-15(2,3)4;;/h7-14H2,1-6H3;2*1H/q+2;;/p-2. The van der Waals surface area contributed by atoms with Crippen molar-refractivity contribution < 1.29 is 42.9 Å². The third-order valence-corrected chi connectivity index (χ3v) is 3.21. The van der Waals surface area contributed by atoms with Crippen molar-refractivity contribution in [2.45, 2.75) is 39.0 Å². The van der Waals surface area contributed by atoms with Crippen LogP contribution >= 0.6 is 0 Å². The summed E-state index contributed by atoms with van der Waals surface area (Å²) in [6.45, 7) is 6.23. The first-order valence-corrected chi connectivity index (χ1v) is 6.89. The minimum atomic E-state index is 0. The van der Waals surface area contributed by atoms with Crippen molar-refractivity contribution in [2.75, 3.05) is 54.9 Å². The molecule has 0 atom stereocenters. The molecule has 0 fully saturated rings. The van der Waals surface area contributed by atoms with Crippen LogP contribution in [0.2, 0.25) is 0 Å². The lowest BCUT2D eigenvalue weighted by Crippen LogP contribution is -3.00. The van der Waals surface area contributed by atoms with Gasteiger partial charge in [0.25, 0.3) is 0 Å². The molecule has 0 aromatic rings. The Hall–Kier alpha value is 0.880. The number of halogens is 2. The van der Waals surface area contributed by atoms with Gasteiger partial charge in [-0.25, -0.2) is 0 Å². The third kappa shape index (κ3) is 16.9. The molecule has 4 heteroatoms. The Kier molecular flexibility index (Phi) is 15.5. The number of quaternary nitrogens is 2. The van der Waals surface area contributed by atoms with Gasteiger partial charge in [-0.2, -0.15) is 0 Å². The lowest BCUT2D eigenvalue weighted by molar-refractivity contribution is -0.902. The van der Waals surface area contributed by atoms with Gasteiger partial charge in [-0.15, -0.1) is 0 Å². The highest BCUT2D eigenvalue weighted by Gasteiger charge is 2.16. The van der Waals surface area contributed by atoms with Crippen LogP contribution in [0.15, 0.2) is 0 Å². The molecule has 114 valence electrons. The fourth-order valence-corrected chi connectivity index (χ4v) is 2.05. The first-order chi connectivity index (χ1) is 7.27. The molecule has 0 aliphatic heterocycles. The molecule has 0 aliphatic carbocycles. The average molecular weight is 390 g/mol. The van der Waals surface area contributed by atoms with Crippen molar-refractivity contribution in [3.63, 3.8) is 0 Å². The molecule has 0 aromatic carbocycles. The van der Waals surface area contributed by atoms with Crippen molar-refractivity contribution in [1.82, 2.24) is 0 Å². The fourth-order valence-electron chi connectivity index (χ4n) is 2.05. The van der Waals surface area contributed by atoms with E-state index in [9.17, 15) is 0 Å². The Morgan fingerprint density at radius 3 is 1.56 bits per heavy atom. The average Bonchev–Trinajstić information content (AvgIpc) is 2.10. The molecule has 0 aliphatic rings. The van der Waals surface area contributed by atoms with Gasteiger partial charge < -0.3 is 42.9 Å². The Morgan fingerprint density at radius 2 is 1.11 bits per heavy atom. The number of nitrogens with zero attached hydrogens (tertiary/aromatic N) is 2. The molecule has 0 bridgehead atoms. The highest BCUT2D eigenvalue weighted by Crippen LogP contribution is 2.07. The summed E-state index contributed by atoms with van der Waals surface area (Å²) in [6, 6.07) is 0. The number of hydrogen-bond acceptors (Lipinski definition) is 0. The summed E-state index contributed by atoms with van der Waals surface area (Å²) in [6.07, 6.45) is 6.89. The van der Waals surface area contributed by atoms with Crippen molar-refractivity contribution in [2.24, 2.45) is 0 Å². The lowest BCUT2D eigenvalue weighted by atomic mass is 10.2. The van der Waals surface area contributed by atoms with Gasteiger partial charge in [-0.05, 0) is 12.8 Å². The van der Waals surface area contributed by atoms with E-state index in [0.717, 1.165) is 4.48 Å². The zero-order valence-corrected chi connectivity index (χ0v) is 16.5. The number of hydrogen-bond donors (Lipinski definition) is 0. The SMILES string of the molecule is CCCCCC[N+](C)(C)CCC[N+](C)(C)C.[Br-].[Br-]. The van der Waals surface area contributed by atoms with Crippen LogP contribution < -0.4 is 34.0 Å². The summed E-state index contributed by atoms with van der Waals surface area (Å²) in [5, 5.41) is 0. The van der Waals surface area contributed by atoms with E-state index >= 15 is 0 Å². The van der Waals surface area contributed by atoms with E-state index in [0.29, 0.717) is 0 Å². The van der Waals surface area contributed by atoms with Crippen LogP contribution in [0.5, 0.6) is 0 Å². The molecule has 0 radical (unpaired) electrons. The molecule has 0 amide bonds. The van der Waals surface area contributed by atoms with E-state index in [1.807, 2.05) is 0 Å². The second-order valence-electron chi connectivity index (χ2n) is 6.81. The van der Waals surface area contributed by atoms with Crippen molar-refractivity contribution in [1.29, 1.82) is 0 Å². The van der Waals surface area contributed by atoms with Gasteiger partial charge >= 0.3 is 0 Å². The van der Waals surface area contributed by atoms with Crippen LogP contribution in [-0.2, 0) is 0 Å². The molecule has 0 saturated heterocycles. The van der Waals surface area contributed by atoms with Gasteiger partial charge in [0.05, 0.1) is 54.9 Å². The fraction of sp³-hybridized carbons (Fsp3) is 1.00. The molecule has 2 nitrogen and oxygen atoms in total. The second kappa shape index (κ2) is 11.7. The third-order valence-electron chi connectivity index (χ3n) is 3.21. The second-order valence-corrected chi connectivity index (χ2v) is 6.81. The van der Waals surface area contributed by atoms with E-state index in [2.05, 4.69) is 42.2 Å². The summed E-state index contributed by atoms with van der Waals surface area (Å²) in [7, 11) is 11.6. The van der Waals surface area contributed by atoms with Crippen molar-refractivity contribution >= 4 is 0 Å². The molecular formula is C14H34Br2N2. The predicted octanol–water partition coefficient (Wildman–Crippen LogP) is -3.25. The van der Waals surface area contributed by atoms with Crippen LogP contribution in [0.4, 0.5) is 0 Å². The maximum Gasteiger partial charge on any atom is 0.0836 e. The Balaban J connectivity index is -0.00000112. The molecule has 0 N–H and O–H groups in total. The van der Waals surface area contributed by atoms with Crippen molar-refractivity contribution in [3.05, 3.63) is 0 Å². The van der Waals surface area contributed by atoms with Gasteiger partial charge in [0.2, 0.25) is 0 Å². The largest absolute Gasteiger partial charge is 1.00 e. The highest BCUT2D eigenvalue weighted by molar-refractivity contribution is 4.42. The first-order valence-electron chi connectivity index (χ1n) is 6.89. The highest BCUT2D eigenvalue weighted by atomic mass is 79.9. The van der Waals surface area contributed by atoms with Gasteiger partial charge in [0.15, 0.2) is 0 Å². The lowest BCUT2D eigenvalue weighted by Gasteiger charge is -2.31. The summed E-state index contributed by atoms with van der Waals surface area (Å²) in [5.41, 5.74) is 0. The van der Waals surface area contributed by atoms with E-state index in [-0.39, 0.29) is 34.0 Å². The normalized spacial score (nSPS) is 11.7. The van der Waals surface area contributed by atoms with Gasteiger partial charge in [-0.1, -0.05) is 19.8 Å². The summed E-state index contributed by atoms with van der Waals surface area (Å²) in [5.74, 6) is 0. The van der Waals surface area contributed by atoms with Gasteiger partial charge in [-0.3, -0.25) is 0 Å². The van der Waals surface area contributed by atoms with E-state index in [1.165, 1.54) is 56.2 Å². The van der Waals surface area contributed by atoms with Crippen LogP contribution in [0.3, 0.4) is 0 Å². The molecule has 0 saturated carbocycles. The molecule has 0 heterocycles. The summed E-state index contributed by atoms with van der Waals surface area (Å²) < 4.78 is 2.29. The maximum atomic E-state index is 2.38. The Bertz CT molecular complexity index is 177. The number of unbranched alkanes of at least 4 members (excludes halogenated alkanes) is 3. The Labute approximate surface area is 136 Å². The maximum absolute atomic E-state index is 2.38. The van der Waals surface area contributed by atoms with E-state index < -0.39 is 0 Å². The van der Waals surface area contributed by atoms with Crippen LogP contribution in [0, 0.1) is 0 Å². The van der Waals surface area contributed by atoms with Crippen molar-refractivity contribution in [3.8, 4) is 0 Å². The van der Waals surface area contributed by atoms with Gasteiger partial charge in [0, 0.05) is 6.42 Å². The van der Waals surface area contributed by atoms with Gasteiger partial charge in [0.1, 0.15) is 0 Å². The van der Waals surface area contributed by atoms with Crippen LogP contribution in [-0.4, -0.2) is 63.8 Å². The monoisotopic (exact) mass is 388 g/mol. The molecule has 0 aromatic heterocycles. The number of rotatable bonds is 9. The molecule has 18 heavy (non-hydrogen) atoms. The summed E-state index contributed by atoms with van der Waals surface area (Å²) >= 11 is 0. The Morgan fingerprint density at radius 1 is 0.611 bits per heavy atom. The van der Waals surface area contributed by atoms with Crippen LogP contribution in [0.25, 0.3) is 0 Å². The van der Waals surface area contributed by atoms with E-state index in [1.54, 1.807) is 0 Å². The molecule has 0 rings (SSSR count). The first kappa shape index (κ1) is 23.9. The predicted molar refractivity (Wildman–Crippen MR) is 73.5 cm³/mol. The minimum absolute atomic E-state index is 0. The molecule has 0 spiro atoms. The topological polar surface area (TPSA) is 0 Å². The quantitative estimate of drug-likeness (QED) is 0.287. The molecule has 0 unspecified atom stereocenters. The van der Waals surface area contributed by atoms with E-state index in [4.69, 9.17) is 0 Å². The minimum Gasteiger partial charge on any atom is -1.00 e. The smallest absolute Gasteiger partial charge is 0.0836 e.